The SMILES string of the molecule is COc1cc(-c2nc(Nc3ccc(N4CCOCC4)cc3)ncc2C)ccc1C(=O)NCN. The number of hydrogen-bond acceptors (Lipinski definition) is 8. The Morgan fingerprint density at radius 3 is 2.64 bits per heavy atom. The number of nitrogens with two attached hydrogens (primary N) is 1. The fourth-order valence-corrected chi connectivity index (χ4v) is 3.71. The third-order valence-electron chi connectivity index (χ3n) is 5.45. The summed E-state index contributed by atoms with van der Waals surface area (Å²) in [6.07, 6.45) is 1.77. The Balaban J connectivity index is 1.55. The standard InChI is InChI=1S/C24H28N6O3/c1-16-14-26-24(28-18-4-6-19(7-5-18)30-9-11-33-12-10-30)29-22(16)17-3-8-20(21(13-17)32-2)23(31)27-15-25/h3-8,13-14H,9-12,15,25H2,1-2H3,(H,27,31)(H,26,28,29). The summed E-state index contributed by atoms with van der Waals surface area (Å²) in [6.45, 7) is 5.29. The van der Waals surface area contributed by atoms with Crippen molar-refractivity contribution in [3.8, 4) is 17.0 Å². The maximum absolute atomic E-state index is 12.2. The molecule has 0 unspecified atom stereocenters. The lowest BCUT2D eigenvalue weighted by Gasteiger charge is -2.28. The summed E-state index contributed by atoms with van der Waals surface area (Å²) in [5.41, 5.74) is 10.4. The number of morpholine rings is 1. The van der Waals surface area contributed by atoms with Crippen LogP contribution in [0.4, 0.5) is 17.3 Å². The van der Waals surface area contributed by atoms with Crippen LogP contribution in [-0.2, 0) is 4.74 Å². The zero-order valence-corrected chi connectivity index (χ0v) is 18.8. The molecule has 1 saturated heterocycles. The minimum atomic E-state index is -0.289. The van der Waals surface area contributed by atoms with E-state index in [0.717, 1.165) is 48.8 Å². The average molecular weight is 449 g/mol. The number of nitrogens with zero attached hydrogens (tertiary/aromatic N) is 3. The van der Waals surface area contributed by atoms with Crippen molar-refractivity contribution in [2.45, 2.75) is 6.92 Å². The molecule has 0 spiro atoms. The molecule has 172 valence electrons. The minimum absolute atomic E-state index is 0.0528. The normalized spacial score (nSPS) is 13.5. The van der Waals surface area contributed by atoms with E-state index in [-0.39, 0.29) is 12.6 Å². The first-order chi connectivity index (χ1) is 16.1. The van der Waals surface area contributed by atoms with Crippen molar-refractivity contribution in [3.63, 3.8) is 0 Å². The monoisotopic (exact) mass is 448 g/mol. The molecule has 9 nitrogen and oxygen atoms in total. The number of carbonyl (C=O) groups is 1. The van der Waals surface area contributed by atoms with Gasteiger partial charge in [-0.2, -0.15) is 0 Å². The summed E-state index contributed by atoms with van der Waals surface area (Å²) in [7, 11) is 1.53. The molecule has 2 aromatic carbocycles. The summed E-state index contributed by atoms with van der Waals surface area (Å²) in [5.74, 6) is 0.645. The second kappa shape index (κ2) is 10.3. The molecule has 3 aromatic rings. The number of anilines is 3. The lowest BCUT2D eigenvalue weighted by Crippen LogP contribution is -2.36. The summed E-state index contributed by atoms with van der Waals surface area (Å²) in [4.78, 5) is 23.6. The Hall–Kier alpha value is -3.69. The predicted octanol–water partition coefficient (Wildman–Crippen LogP) is 2.69. The molecule has 33 heavy (non-hydrogen) atoms. The molecule has 0 bridgehead atoms. The summed E-state index contributed by atoms with van der Waals surface area (Å²) < 4.78 is 10.9. The van der Waals surface area contributed by atoms with Crippen molar-refractivity contribution in [1.82, 2.24) is 15.3 Å². The van der Waals surface area contributed by atoms with Gasteiger partial charge in [-0.05, 0) is 48.9 Å². The van der Waals surface area contributed by atoms with Crippen molar-refractivity contribution in [3.05, 3.63) is 59.8 Å². The summed E-state index contributed by atoms with van der Waals surface area (Å²) in [5, 5.41) is 5.85. The van der Waals surface area contributed by atoms with E-state index < -0.39 is 0 Å². The smallest absolute Gasteiger partial charge is 0.256 e. The van der Waals surface area contributed by atoms with Gasteiger partial charge in [0.1, 0.15) is 5.75 Å². The number of amides is 1. The van der Waals surface area contributed by atoms with Crippen LogP contribution < -0.4 is 26.0 Å². The van der Waals surface area contributed by atoms with E-state index in [1.165, 1.54) is 12.8 Å². The highest BCUT2D eigenvalue weighted by Crippen LogP contribution is 2.29. The van der Waals surface area contributed by atoms with Crippen LogP contribution in [0.2, 0.25) is 0 Å². The van der Waals surface area contributed by atoms with Crippen LogP contribution >= 0.6 is 0 Å². The Labute approximate surface area is 192 Å². The van der Waals surface area contributed by atoms with Crippen LogP contribution in [-0.4, -0.2) is 56.0 Å². The van der Waals surface area contributed by atoms with Crippen LogP contribution in [0, 0.1) is 6.92 Å². The maximum Gasteiger partial charge on any atom is 0.256 e. The highest BCUT2D eigenvalue weighted by Gasteiger charge is 2.15. The topological polar surface area (TPSA) is 115 Å². The van der Waals surface area contributed by atoms with Crippen LogP contribution in [0.5, 0.6) is 5.75 Å². The second-order valence-electron chi connectivity index (χ2n) is 7.62. The van der Waals surface area contributed by atoms with E-state index in [1.807, 2.05) is 25.1 Å². The summed E-state index contributed by atoms with van der Waals surface area (Å²) >= 11 is 0. The number of hydrogen-bond donors (Lipinski definition) is 3. The Kier molecular flexibility index (Phi) is 7.01. The number of benzene rings is 2. The van der Waals surface area contributed by atoms with Gasteiger partial charge in [0.05, 0.1) is 38.2 Å². The Morgan fingerprint density at radius 2 is 1.94 bits per heavy atom. The first-order valence-electron chi connectivity index (χ1n) is 10.8. The lowest BCUT2D eigenvalue weighted by molar-refractivity contribution is 0.0952. The molecule has 1 aromatic heterocycles. The number of aromatic nitrogens is 2. The molecule has 1 aliphatic heterocycles. The number of rotatable bonds is 7. The highest BCUT2D eigenvalue weighted by atomic mass is 16.5. The van der Waals surface area contributed by atoms with Crippen molar-refractivity contribution in [1.29, 1.82) is 0 Å². The largest absolute Gasteiger partial charge is 0.496 e. The molecular formula is C24H28N6O3. The molecule has 0 atom stereocenters. The predicted molar refractivity (Wildman–Crippen MR) is 128 cm³/mol. The first kappa shape index (κ1) is 22.5. The second-order valence-corrected chi connectivity index (χ2v) is 7.62. The number of nitrogens with one attached hydrogen (secondary N) is 2. The molecule has 4 rings (SSSR count). The van der Waals surface area contributed by atoms with Crippen LogP contribution in [0.3, 0.4) is 0 Å². The van der Waals surface area contributed by atoms with E-state index in [0.29, 0.717) is 17.3 Å². The quantitative estimate of drug-likeness (QED) is 0.473. The van der Waals surface area contributed by atoms with Gasteiger partial charge in [-0.1, -0.05) is 6.07 Å². The van der Waals surface area contributed by atoms with Crippen molar-refractivity contribution in [2.24, 2.45) is 5.73 Å². The van der Waals surface area contributed by atoms with Crippen molar-refractivity contribution < 1.29 is 14.3 Å². The van der Waals surface area contributed by atoms with Crippen molar-refractivity contribution in [2.75, 3.05) is 50.3 Å². The minimum Gasteiger partial charge on any atom is -0.496 e. The number of methoxy groups -OCH3 is 1. The van der Waals surface area contributed by atoms with E-state index in [9.17, 15) is 4.79 Å². The first-order valence-corrected chi connectivity index (χ1v) is 10.8. The van der Waals surface area contributed by atoms with Gasteiger partial charge in [-0.15, -0.1) is 0 Å². The van der Waals surface area contributed by atoms with Gasteiger partial charge in [0.15, 0.2) is 0 Å². The highest BCUT2D eigenvalue weighted by molar-refractivity contribution is 5.97. The zero-order chi connectivity index (χ0) is 23.2. The molecule has 0 radical (unpaired) electrons. The molecule has 4 N–H and O–H groups in total. The molecule has 0 aliphatic carbocycles. The molecule has 1 amide bonds. The van der Waals surface area contributed by atoms with Gasteiger partial charge in [-0.25, -0.2) is 9.97 Å². The van der Waals surface area contributed by atoms with Gasteiger partial charge in [0.25, 0.3) is 5.91 Å². The van der Waals surface area contributed by atoms with Gasteiger partial charge in [0.2, 0.25) is 5.95 Å². The van der Waals surface area contributed by atoms with Gasteiger partial charge >= 0.3 is 0 Å². The fraction of sp³-hybridized carbons (Fsp3) is 0.292. The fourth-order valence-electron chi connectivity index (χ4n) is 3.71. The van der Waals surface area contributed by atoms with E-state index >= 15 is 0 Å². The van der Waals surface area contributed by atoms with Gasteiger partial charge in [-0.3, -0.25) is 4.79 Å². The number of aryl methyl sites for hydroxylation is 1. The van der Waals surface area contributed by atoms with E-state index in [1.54, 1.807) is 18.3 Å². The molecule has 0 saturated carbocycles. The van der Waals surface area contributed by atoms with Crippen LogP contribution in [0.1, 0.15) is 15.9 Å². The zero-order valence-electron chi connectivity index (χ0n) is 18.8. The molecule has 1 fully saturated rings. The van der Waals surface area contributed by atoms with E-state index in [4.69, 9.17) is 20.2 Å². The van der Waals surface area contributed by atoms with Crippen LogP contribution in [0.25, 0.3) is 11.3 Å². The Morgan fingerprint density at radius 1 is 1.18 bits per heavy atom. The Bertz CT molecular complexity index is 1110. The summed E-state index contributed by atoms with van der Waals surface area (Å²) in [6, 6.07) is 13.5. The number of carbonyl (C=O) groups excluding carboxylic acids is 1. The maximum atomic E-state index is 12.2. The molecule has 1 aliphatic rings. The van der Waals surface area contributed by atoms with Crippen molar-refractivity contribution >= 4 is 23.2 Å². The third-order valence-corrected chi connectivity index (χ3v) is 5.45. The van der Waals surface area contributed by atoms with E-state index in [2.05, 4.69) is 32.7 Å². The average Bonchev–Trinajstić information content (AvgIpc) is 2.86. The van der Waals surface area contributed by atoms with Crippen LogP contribution in [0.15, 0.2) is 48.7 Å². The lowest BCUT2D eigenvalue weighted by atomic mass is 10.0. The molecule has 9 heteroatoms. The van der Waals surface area contributed by atoms with Gasteiger partial charge < -0.3 is 30.7 Å². The van der Waals surface area contributed by atoms with Gasteiger partial charge in [0, 0.05) is 36.2 Å². The third kappa shape index (κ3) is 5.21. The number of ether oxygens (including phenoxy) is 2. The molecule has 2 heterocycles. The molecular weight excluding hydrogens is 420 g/mol.